The number of nitrogens with two attached hydrogens (primary N) is 1. The Labute approximate surface area is 117 Å². The van der Waals surface area contributed by atoms with Crippen molar-refractivity contribution in [1.82, 2.24) is 0 Å². The quantitative estimate of drug-likeness (QED) is 0.873. The summed E-state index contributed by atoms with van der Waals surface area (Å²) in [6, 6.07) is 11.8. The zero-order chi connectivity index (χ0) is 14.7. The molecular weight excluding hydrogens is 257 g/mol. The number of hydrogen-bond acceptors (Lipinski definition) is 3. The van der Waals surface area contributed by atoms with E-state index in [1.165, 1.54) is 13.2 Å². The Morgan fingerprint density at radius 1 is 1.20 bits per heavy atom. The minimum absolute atomic E-state index is 0.0523. The molecule has 2 aromatic carbocycles. The lowest BCUT2D eigenvalue weighted by atomic mass is 9.97. The Bertz CT molecular complexity index is 621. The summed E-state index contributed by atoms with van der Waals surface area (Å²) in [6.45, 7) is 1.89. The first-order valence-electron chi connectivity index (χ1n) is 6.27. The number of ether oxygens (including phenoxy) is 1. The normalized spacial score (nSPS) is 12.0. The molecule has 2 rings (SSSR count). The van der Waals surface area contributed by atoms with Crippen LogP contribution in [0.2, 0.25) is 0 Å². The second-order valence-electron chi connectivity index (χ2n) is 4.56. The summed E-state index contributed by atoms with van der Waals surface area (Å²) < 4.78 is 18.5. The molecule has 0 heterocycles. The fourth-order valence-corrected chi connectivity index (χ4v) is 2.04. The van der Waals surface area contributed by atoms with Gasteiger partial charge >= 0.3 is 5.97 Å². The zero-order valence-corrected chi connectivity index (χ0v) is 11.4. The van der Waals surface area contributed by atoms with Crippen LogP contribution in [-0.4, -0.2) is 13.1 Å². The van der Waals surface area contributed by atoms with Crippen LogP contribution in [0.1, 0.15) is 28.9 Å². The highest BCUT2D eigenvalue weighted by Gasteiger charge is 2.18. The Hall–Kier alpha value is -2.20. The third kappa shape index (κ3) is 2.70. The minimum atomic E-state index is -0.686. The van der Waals surface area contributed by atoms with Crippen LogP contribution in [0.5, 0.6) is 0 Å². The zero-order valence-electron chi connectivity index (χ0n) is 11.4. The van der Waals surface area contributed by atoms with Gasteiger partial charge in [0, 0.05) is 6.04 Å². The first-order chi connectivity index (χ1) is 9.54. The van der Waals surface area contributed by atoms with Gasteiger partial charge in [0.25, 0.3) is 0 Å². The third-order valence-corrected chi connectivity index (χ3v) is 3.15. The lowest BCUT2D eigenvalue weighted by Crippen LogP contribution is -2.07. The molecule has 0 aliphatic rings. The lowest BCUT2D eigenvalue weighted by Gasteiger charge is -2.11. The Kier molecular flexibility index (Phi) is 4.15. The largest absolute Gasteiger partial charge is 0.465 e. The molecule has 2 N–H and O–H groups in total. The molecular formula is C16H16FNO2. The number of rotatable bonds is 3. The van der Waals surface area contributed by atoms with Gasteiger partial charge in [0.05, 0.1) is 7.11 Å². The van der Waals surface area contributed by atoms with E-state index in [0.29, 0.717) is 5.56 Å². The van der Waals surface area contributed by atoms with E-state index in [2.05, 4.69) is 4.74 Å². The summed E-state index contributed by atoms with van der Waals surface area (Å²) in [5.74, 6) is -1.28. The number of benzene rings is 2. The molecule has 0 spiro atoms. The van der Waals surface area contributed by atoms with Crippen LogP contribution in [0.3, 0.4) is 0 Å². The molecule has 0 amide bonds. The minimum Gasteiger partial charge on any atom is -0.465 e. The van der Waals surface area contributed by atoms with E-state index in [9.17, 15) is 9.18 Å². The Balaban J connectivity index is 2.52. The van der Waals surface area contributed by atoms with Gasteiger partial charge in [-0.2, -0.15) is 0 Å². The molecule has 20 heavy (non-hydrogen) atoms. The highest BCUT2D eigenvalue weighted by Crippen LogP contribution is 2.27. The lowest BCUT2D eigenvalue weighted by molar-refractivity contribution is 0.0596. The number of hydrogen-bond donors (Lipinski definition) is 1. The van der Waals surface area contributed by atoms with Crippen LogP contribution < -0.4 is 5.73 Å². The summed E-state index contributed by atoms with van der Waals surface area (Å²) in [5, 5.41) is 0. The number of esters is 1. The molecule has 3 nitrogen and oxygen atoms in total. The monoisotopic (exact) mass is 273 g/mol. The maximum Gasteiger partial charge on any atom is 0.341 e. The molecule has 1 atom stereocenters. The molecule has 0 saturated heterocycles. The molecule has 104 valence electrons. The van der Waals surface area contributed by atoms with Gasteiger partial charge in [0.2, 0.25) is 0 Å². The maximum atomic E-state index is 13.9. The van der Waals surface area contributed by atoms with Crippen LogP contribution in [0, 0.1) is 5.82 Å². The van der Waals surface area contributed by atoms with Gasteiger partial charge in [-0.15, -0.1) is 0 Å². The Morgan fingerprint density at radius 2 is 1.85 bits per heavy atom. The fraction of sp³-hybridized carbons (Fsp3) is 0.188. The van der Waals surface area contributed by atoms with Crippen molar-refractivity contribution in [1.29, 1.82) is 0 Å². The van der Waals surface area contributed by atoms with Crippen molar-refractivity contribution in [2.75, 3.05) is 7.11 Å². The van der Waals surface area contributed by atoms with Crippen molar-refractivity contribution < 1.29 is 13.9 Å². The van der Waals surface area contributed by atoms with Gasteiger partial charge in [-0.3, -0.25) is 0 Å². The fourth-order valence-electron chi connectivity index (χ4n) is 2.04. The van der Waals surface area contributed by atoms with Crippen molar-refractivity contribution in [2.24, 2.45) is 5.73 Å². The van der Waals surface area contributed by atoms with Crippen molar-refractivity contribution in [3.05, 3.63) is 59.4 Å². The van der Waals surface area contributed by atoms with Gasteiger partial charge < -0.3 is 10.5 Å². The summed E-state index contributed by atoms with van der Waals surface area (Å²) in [5.41, 5.74) is 7.97. The van der Waals surface area contributed by atoms with Gasteiger partial charge in [0.15, 0.2) is 0 Å². The molecule has 0 aromatic heterocycles. The molecule has 0 bridgehead atoms. The molecule has 4 heteroatoms. The number of methoxy groups -OCH3 is 1. The topological polar surface area (TPSA) is 52.3 Å². The van der Waals surface area contributed by atoms with E-state index in [1.807, 2.05) is 31.2 Å². The highest BCUT2D eigenvalue weighted by atomic mass is 19.1. The number of carbonyl (C=O) groups excluding carboxylic acids is 1. The van der Waals surface area contributed by atoms with Gasteiger partial charge in [-0.25, -0.2) is 9.18 Å². The summed E-state index contributed by atoms with van der Waals surface area (Å²) in [6.07, 6.45) is 0. The van der Waals surface area contributed by atoms with Crippen LogP contribution in [0.15, 0.2) is 42.5 Å². The van der Waals surface area contributed by atoms with E-state index in [4.69, 9.17) is 5.73 Å². The SMILES string of the molecule is COC(=O)c1c(F)cccc1-c1ccc([C@@H](C)N)cc1. The van der Waals surface area contributed by atoms with Crippen LogP contribution in [0.4, 0.5) is 4.39 Å². The Morgan fingerprint density at radius 3 is 2.40 bits per heavy atom. The number of halogens is 1. The van der Waals surface area contributed by atoms with Gasteiger partial charge in [-0.05, 0) is 29.7 Å². The number of carbonyl (C=O) groups is 1. The first kappa shape index (κ1) is 14.2. The molecule has 0 fully saturated rings. The molecule has 0 aliphatic carbocycles. The predicted octanol–water partition coefficient (Wildman–Crippen LogP) is 3.30. The maximum absolute atomic E-state index is 13.9. The van der Waals surface area contributed by atoms with Crippen molar-refractivity contribution >= 4 is 5.97 Å². The molecule has 0 unspecified atom stereocenters. The third-order valence-electron chi connectivity index (χ3n) is 3.15. The van der Waals surface area contributed by atoms with Crippen molar-refractivity contribution in [3.8, 4) is 11.1 Å². The first-order valence-corrected chi connectivity index (χ1v) is 6.27. The van der Waals surface area contributed by atoms with Crippen LogP contribution >= 0.6 is 0 Å². The van der Waals surface area contributed by atoms with Gasteiger partial charge in [-0.1, -0.05) is 36.4 Å². The standard InChI is InChI=1S/C16H16FNO2/c1-10(18)11-6-8-12(9-7-11)13-4-3-5-14(17)15(13)16(19)20-2/h3-10H,18H2,1-2H3/t10-/m1/s1. The average molecular weight is 273 g/mol. The van der Waals surface area contributed by atoms with E-state index < -0.39 is 11.8 Å². The van der Waals surface area contributed by atoms with Crippen LogP contribution in [-0.2, 0) is 4.74 Å². The molecule has 0 radical (unpaired) electrons. The second kappa shape index (κ2) is 5.84. The second-order valence-corrected chi connectivity index (χ2v) is 4.56. The van der Waals surface area contributed by atoms with Crippen molar-refractivity contribution in [3.63, 3.8) is 0 Å². The van der Waals surface area contributed by atoms with E-state index in [-0.39, 0.29) is 11.6 Å². The van der Waals surface area contributed by atoms with E-state index in [1.54, 1.807) is 12.1 Å². The summed E-state index contributed by atoms with van der Waals surface area (Å²) >= 11 is 0. The van der Waals surface area contributed by atoms with E-state index >= 15 is 0 Å². The smallest absolute Gasteiger partial charge is 0.341 e. The molecule has 0 saturated carbocycles. The predicted molar refractivity (Wildman–Crippen MR) is 75.8 cm³/mol. The summed E-state index contributed by atoms with van der Waals surface area (Å²) in [4.78, 5) is 11.7. The van der Waals surface area contributed by atoms with Gasteiger partial charge in [0.1, 0.15) is 11.4 Å². The molecule has 2 aromatic rings. The highest BCUT2D eigenvalue weighted by molar-refractivity contribution is 5.97. The van der Waals surface area contributed by atoms with E-state index in [0.717, 1.165) is 11.1 Å². The summed E-state index contributed by atoms with van der Waals surface area (Å²) in [7, 11) is 1.23. The average Bonchev–Trinajstić information content (AvgIpc) is 2.46. The molecule has 0 aliphatic heterocycles. The van der Waals surface area contributed by atoms with Crippen molar-refractivity contribution in [2.45, 2.75) is 13.0 Å². The van der Waals surface area contributed by atoms with Crippen LogP contribution in [0.25, 0.3) is 11.1 Å².